The molecule has 0 saturated heterocycles. The first kappa shape index (κ1) is 16.0. The number of nitrogens with one attached hydrogen (secondary N) is 1. The smallest absolute Gasteiger partial charge is 0.258 e. The Bertz CT molecular complexity index is 435. The molecule has 19 heavy (non-hydrogen) atoms. The van der Waals surface area contributed by atoms with Crippen LogP contribution < -0.4 is 15.8 Å². The first-order valence-corrected chi connectivity index (χ1v) is 7.21. The van der Waals surface area contributed by atoms with E-state index in [0.29, 0.717) is 24.8 Å². The molecule has 106 valence electrons. The zero-order chi connectivity index (χ0) is 14.4. The van der Waals surface area contributed by atoms with Crippen molar-refractivity contribution in [2.45, 2.75) is 45.9 Å². The molecule has 1 aromatic carbocycles. The van der Waals surface area contributed by atoms with Crippen LogP contribution in [0.5, 0.6) is 5.75 Å². The Labute approximate surface area is 122 Å². The average molecular weight is 329 g/mol. The average Bonchev–Trinajstić information content (AvgIpc) is 2.34. The molecule has 0 radical (unpaired) electrons. The lowest BCUT2D eigenvalue weighted by Crippen LogP contribution is -2.33. The van der Waals surface area contributed by atoms with E-state index in [1.165, 1.54) is 0 Å². The monoisotopic (exact) mass is 328 g/mol. The topological polar surface area (TPSA) is 64.3 Å². The first-order chi connectivity index (χ1) is 8.95. The minimum Gasteiger partial charge on any atom is -0.479 e. The summed E-state index contributed by atoms with van der Waals surface area (Å²) >= 11 is 3.46. The van der Waals surface area contributed by atoms with E-state index in [1.54, 1.807) is 0 Å². The molecule has 1 aromatic rings. The van der Waals surface area contributed by atoms with E-state index < -0.39 is 12.0 Å². The van der Waals surface area contributed by atoms with Crippen molar-refractivity contribution in [3.8, 4) is 5.75 Å². The third-order valence-electron chi connectivity index (χ3n) is 2.70. The van der Waals surface area contributed by atoms with Gasteiger partial charge in [-0.15, -0.1) is 0 Å². The zero-order valence-electron chi connectivity index (χ0n) is 11.6. The maximum Gasteiger partial charge on any atom is 0.258 e. The van der Waals surface area contributed by atoms with Gasteiger partial charge in [-0.05, 0) is 28.4 Å². The minimum absolute atomic E-state index is 0.380. The van der Waals surface area contributed by atoms with Gasteiger partial charge in [0.1, 0.15) is 5.75 Å². The summed E-state index contributed by atoms with van der Waals surface area (Å²) in [5, 5.41) is 3.33. The molecule has 0 heterocycles. The molecule has 0 fully saturated rings. The fourth-order valence-electron chi connectivity index (χ4n) is 1.62. The molecule has 1 amide bonds. The molecule has 1 atom stereocenters. The molecule has 3 N–H and O–H groups in total. The Morgan fingerprint density at radius 3 is 2.68 bits per heavy atom. The highest BCUT2D eigenvalue weighted by molar-refractivity contribution is 9.10. The fourth-order valence-corrected chi connectivity index (χ4v) is 2.12. The van der Waals surface area contributed by atoms with Gasteiger partial charge in [-0.2, -0.15) is 0 Å². The second-order valence-corrected chi connectivity index (χ2v) is 5.54. The van der Waals surface area contributed by atoms with Gasteiger partial charge < -0.3 is 15.8 Å². The van der Waals surface area contributed by atoms with E-state index in [2.05, 4.69) is 35.1 Å². The fraction of sp³-hybridized carbons (Fsp3) is 0.500. The van der Waals surface area contributed by atoms with Crippen molar-refractivity contribution in [2.75, 3.05) is 0 Å². The summed E-state index contributed by atoms with van der Waals surface area (Å²) in [7, 11) is 0. The molecule has 4 nitrogen and oxygen atoms in total. The molecule has 0 aromatic heterocycles. The largest absolute Gasteiger partial charge is 0.479 e. The summed E-state index contributed by atoms with van der Waals surface area (Å²) in [5.74, 6) is 0.238. The molecular weight excluding hydrogens is 308 g/mol. The van der Waals surface area contributed by atoms with Gasteiger partial charge in [0.15, 0.2) is 6.10 Å². The predicted octanol–water partition coefficient (Wildman–Crippen LogP) is 2.59. The summed E-state index contributed by atoms with van der Waals surface area (Å²) in [4.78, 5) is 11.3. The van der Waals surface area contributed by atoms with Crippen LogP contribution in [0.2, 0.25) is 0 Å². The molecule has 1 unspecified atom stereocenters. The maximum absolute atomic E-state index is 11.3. The van der Waals surface area contributed by atoms with Crippen LogP contribution in [0.25, 0.3) is 0 Å². The highest BCUT2D eigenvalue weighted by Crippen LogP contribution is 2.30. The van der Waals surface area contributed by atoms with Crippen molar-refractivity contribution in [1.82, 2.24) is 5.32 Å². The second-order valence-electron chi connectivity index (χ2n) is 4.68. The minimum atomic E-state index is -0.600. The number of hydrogen-bond acceptors (Lipinski definition) is 3. The third-order valence-corrected chi connectivity index (χ3v) is 3.32. The van der Waals surface area contributed by atoms with Gasteiger partial charge in [0.05, 0.1) is 4.47 Å². The van der Waals surface area contributed by atoms with E-state index in [4.69, 9.17) is 10.5 Å². The summed E-state index contributed by atoms with van der Waals surface area (Å²) in [6.07, 6.45) is -0.0511. The molecule has 0 aliphatic heterocycles. The van der Waals surface area contributed by atoms with Crippen molar-refractivity contribution in [3.63, 3.8) is 0 Å². The van der Waals surface area contributed by atoms with Crippen LogP contribution in [-0.4, -0.2) is 18.1 Å². The Hall–Kier alpha value is -1.07. The Morgan fingerprint density at radius 2 is 2.16 bits per heavy atom. The molecule has 0 aliphatic rings. The quantitative estimate of drug-likeness (QED) is 0.808. The zero-order valence-corrected chi connectivity index (χ0v) is 13.2. The van der Waals surface area contributed by atoms with Gasteiger partial charge in [-0.1, -0.05) is 32.9 Å². The van der Waals surface area contributed by atoms with E-state index >= 15 is 0 Å². The normalized spacial score (nSPS) is 12.5. The molecule has 0 saturated carbocycles. The first-order valence-electron chi connectivity index (χ1n) is 6.42. The summed E-state index contributed by atoms with van der Waals surface area (Å²) in [6.45, 7) is 6.72. The van der Waals surface area contributed by atoms with Gasteiger partial charge in [-0.3, -0.25) is 4.79 Å². The SMILES string of the molecule is CCC(Oc1c(Br)cccc1CNC(C)C)C(N)=O. The van der Waals surface area contributed by atoms with Crippen LogP contribution in [0.3, 0.4) is 0 Å². The third kappa shape index (κ3) is 4.84. The number of amides is 1. The Morgan fingerprint density at radius 1 is 1.47 bits per heavy atom. The molecular formula is C14H21BrN2O2. The van der Waals surface area contributed by atoms with Crippen molar-refractivity contribution in [2.24, 2.45) is 5.73 Å². The highest BCUT2D eigenvalue weighted by Gasteiger charge is 2.18. The number of para-hydroxylation sites is 1. The van der Waals surface area contributed by atoms with Crippen LogP contribution in [0.1, 0.15) is 32.8 Å². The number of carbonyl (C=O) groups excluding carboxylic acids is 1. The van der Waals surface area contributed by atoms with Gasteiger partial charge >= 0.3 is 0 Å². The number of nitrogens with two attached hydrogens (primary N) is 1. The Balaban J connectivity index is 2.93. The summed E-state index contributed by atoms with van der Waals surface area (Å²) in [6, 6.07) is 6.19. The number of carbonyl (C=O) groups is 1. The molecule has 0 spiro atoms. The van der Waals surface area contributed by atoms with Crippen molar-refractivity contribution >= 4 is 21.8 Å². The number of rotatable bonds is 7. The summed E-state index contributed by atoms with van der Waals surface area (Å²) < 4.78 is 6.59. The predicted molar refractivity (Wildman–Crippen MR) is 80.0 cm³/mol. The molecule has 0 bridgehead atoms. The van der Waals surface area contributed by atoms with Crippen LogP contribution in [-0.2, 0) is 11.3 Å². The van der Waals surface area contributed by atoms with Crippen molar-refractivity contribution in [1.29, 1.82) is 0 Å². The summed E-state index contributed by atoms with van der Waals surface area (Å²) in [5.41, 5.74) is 6.33. The van der Waals surface area contributed by atoms with Crippen LogP contribution >= 0.6 is 15.9 Å². The molecule has 1 rings (SSSR count). The standard InChI is InChI=1S/C14H21BrN2O2/c1-4-12(14(16)18)19-13-10(8-17-9(2)3)6-5-7-11(13)15/h5-7,9,12,17H,4,8H2,1-3H3,(H2,16,18). The van der Waals surface area contributed by atoms with E-state index in [0.717, 1.165) is 10.0 Å². The highest BCUT2D eigenvalue weighted by atomic mass is 79.9. The van der Waals surface area contributed by atoms with Gasteiger partial charge in [0, 0.05) is 18.2 Å². The van der Waals surface area contributed by atoms with Crippen LogP contribution in [0.15, 0.2) is 22.7 Å². The number of benzene rings is 1. The lowest BCUT2D eigenvalue weighted by molar-refractivity contribution is -0.124. The van der Waals surface area contributed by atoms with E-state index in [9.17, 15) is 4.79 Å². The van der Waals surface area contributed by atoms with E-state index in [1.807, 2.05) is 25.1 Å². The Kier molecular flexibility index (Phi) is 6.31. The van der Waals surface area contributed by atoms with Crippen LogP contribution in [0.4, 0.5) is 0 Å². The van der Waals surface area contributed by atoms with Gasteiger partial charge in [0.2, 0.25) is 0 Å². The number of primary amides is 1. The van der Waals surface area contributed by atoms with Crippen LogP contribution in [0, 0.1) is 0 Å². The molecule has 0 aliphatic carbocycles. The van der Waals surface area contributed by atoms with Crippen molar-refractivity contribution < 1.29 is 9.53 Å². The maximum atomic E-state index is 11.3. The number of hydrogen-bond donors (Lipinski definition) is 2. The lowest BCUT2D eigenvalue weighted by atomic mass is 10.1. The molecule has 5 heteroatoms. The second kappa shape index (κ2) is 7.50. The number of ether oxygens (including phenoxy) is 1. The lowest BCUT2D eigenvalue weighted by Gasteiger charge is -2.19. The number of halogens is 1. The van der Waals surface area contributed by atoms with Gasteiger partial charge in [0.25, 0.3) is 5.91 Å². The van der Waals surface area contributed by atoms with Crippen molar-refractivity contribution in [3.05, 3.63) is 28.2 Å². The van der Waals surface area contributed by atoms with E-state index in [-0.39, 0.29) is 0 Å². The van der Waals surface area contributed by atoms with Gasteiger partial charge in [-0.25, -0.2) is 0 Å².